The van der Waals surface area contributed by atoms with Crippen molar-refractivity contribution in [1.29, 1.82) is 0 Å². The maximum atomic E-state index is 11.8. The van der Waals surface area contributed by atoms with Gasteiger partial charge in [-0.05, 0) is 12.1 Å². The van der Waals surface area contributed by atoms with Gasteiger partial charge in [-0.2, -0.15) is 0 Å². The highest BCUT2D eigenvalue weighted by Gasteiger charge is 2.27. The van der Waals surface area contributed by atoms with Gasteiger partial charge in [0.2, 0.25) is 5.91 Å². The highest BCUT2D eigenvalue weighted by atomic mass is 35.5. The van der Waals surface area contributed by atoms with E-state index in [1.165, 1.54) is 0 Å². The van der Waals surface area contributed by atoms with Crippen molar-refractivity contribution in [3.05, 3.63) is 29.3 Å². The first-order valence-corrected chi connectivity index (χ1v) is 6.39. The van der Waals surface area contributed by atoms with Crippen molar-refractivity contribution < 1.29 is 9.53 Å². The van der Waals surface area contributed by atoms with Crippen molar-refractivity contribution in [3.8, 4) is 5.75 Å². The van der Waals surface area contributed by atoms with Gasteiger partial charge >= 0.3 is 0 Å². The predicted octanol–water partition coefficient (Wildman–Crippen LogP) is 1.82. The molecule has 1 aromatic rings. The van der Waals surface area contributed by atoms with Crippen LogP contribution in [-0.4, -0.2) is 44.1 Å². The van der Waals surface area contributed by atoms with Gasteiger partial charge in [0.1, 0.15) is 12.4 Å². The first-order valence-electron chi connectivity index (χ1n) is 6.01. The first-order chi connectivity index (χ1) is 8.68. The predicted molar refractivity (Wildman–Crippen MR) is 78.2 cm³/mol. The first kappa shape index (κ1) is 16.1. The largest absolute Gasteiger partial charge is 0.490 e. The van der Waals surface area contributed by atoms with E-state index in [9.17, 15) is 4.79 Å². The van der Waals surface area contributed by atoms with Crippen LogP contribution in [0.5, 0.6) is 5.75 Å². The molecule has 0 aromatic heterocycles. The molecule has 106 valence electrons. The van der Waals surface area contributed by atoms with Crippen LogP contribution in [0.2, 0.25) is 5.02 Å². The molecule has 0 spiro atoms. The molecule has 1 heterocycles. The van der Waals surface area contributed by atoms with Crippen LogP contribution in [0.25, 0.3) is 0 Å². The number of ether oxygens (including phenoxy) is 1. The smallest absolute Gasteiger partial charge is 0.228 e. The highest BCUT2D eigenvalue weighted by Crippen LogP contribution is 2.22. The molecule has 0 saturated carbocycles. The van der Waals surface area contributed by atoms with E-state index in [4.69, 9.17) is 16.3 Å². The van der Waals surface area contributed by atoms with Gasteiger partial charge in [-0.3, -0.25) is 4.79 Å². The molecule has 0 bridgehead atoms. The zero-order valence-corrected chi connectivity index (χ0v) is 12.3. The Kier molecular flexibility index (Phi) is 6.42. The average molecular weight is 305 g/mol. The molecule has 0 atom stereocenters. The molecule has 1 amide bonds. The molecule has 19 heavy (non-hydrogen) atoms. The third-order valence-corrected chi connectivity index (χ3v) is 3.34. The van der Waals surface area contributed by atoms with Crippen LogP contribution in [0.1, 0.15) is 0 Å². The summed E-state index contributed by atoms with van der Waals surface area (Å²) in [5.74, 6) is 0.970. The van der Waals surface area contributed by atoms with E-state index in [1.807, 2.05) is 18.2 Å². The highest BCUT2D eigenvalue weighted by molar-refractivity contribution is 6.32. The number of nitrogens with one attached hydrogen (secondary N) is 1. The molecule has 1 N–H and O–H groups in total. The molecule has 0 radical (unpaired) electrons. The summed E-state index contributed by atoms with van der Waals surface area (Å²) in [4.78, 5) is 13.5. The molecule has 0 unspecified atom stereocenters. The number of hydrogen-bond donors (Lipinski definition) is 1. The molecule has 1 aliphatic rings. The number of amides is 1. The normalized spacial score (nSPS) is 14.2. The summed E-state index contributed by atoms with van der Waals surface area (Å²) in [7, 11) is 1.80. The summed E-state index contributed by atoms with van der Waals surface area (Å²) in [5.41, 5.74) is 0. The Hall–Kier alpha value is -0.970. The van der Waals surface area contributed by atoms with Crippen LogP contribution < -0.4 is 10.1 Å². The minimum Gasteiger partial charge on any atom is -0.490 e. The zero-order chi connectivity index (χ0) is 13.0. The molecule has 1 aliphatic heterocycles. The molecule has 1 aromatic carbocycles. The van der Waals surface area contributed by atoms with E-state index >= 15 is 0 Å². The number of halogens is 2. The summed E-state index contributed by atoms with van der Waals surface area (Å²) in [6.07, 6.45) is 0. The fourth-order valence-electron chi connectivity index (χ4n) is 1.74. The summed E-state index contributed by atoms with van der Waals surface area (Å²) in [5, 5.41) is 3.68. The van der Waals surface area contributed by atoms with E-state index in [0.29, 0.717) is 23.9 Å². The van der Waals surface area contributed by atoms with Gasteiger partial charge in [0.05, 0.1) is 17.5 Å². The number of hydrogen-bond acceptors (Lipinski definition) is 3. The van der Waals surface area contributed by atoms with Gasteiger partial charge < -0.3 is 15.0 Å². The Labute approximate surface area is 124 Å². The SMILES string of the molecule is CN(CCOc1ccccc1Cl)C(=O)C1CNC1.Cl. The second-order valence-electron chi connectivity index (χ2n) is 4.39. The number of para-hydroxylation sites is 1. The quantitative estimate of drug-likeness (QED) is 0.902. The Bertz CT molecular complexity index is 425. The number of rotatable bonds is 5. The van der Waals surface area contributed by atoms with Crippen molar-refractivity contribution in [3.63, 3.8) is 0 Å². The van der Waals surface area contributed by atoms with Gasteiger partial charge in [-0.25, -0.2) is 0 Å². The fourth-order valence-corrected chi connectivity index (χ4v) is 1.93. The number of benzene rings is 1. The Morgan fingerprint density at radius 3 is 2.74 bits per heavy atom. The lowest BCUT2D eigenvalue weighted by Crippen LogP contribution is -2.51. The maximum Gasteiger partial charge on any atom is 0.228 e. The number of likely N-dealkylation sites (N-methyl/N-ethyl adjacent to an activating group) is 1. The van der Waals surface area contributed by atoms with Crippen LogP contribution in [0, 0.1) is 5.92 Å². The van der Waals surface area contributed by atoms with Crippen molar-refractivity contribution in [2.75, 3.05) is 33.3 Å². The van der Waals surface area contributed by atoms with Crippen molar-refractivity contribution >= 4 is 29.9 Å². The van der Waals surface area contributed by atoms with Crippen LogP contribution in [-0.2, 0) is 4.79 Å². The monoisotopic (exact) mass is 304 g/mol. The van der Waals surface area contributed by atoms with Crippen LogP contribution in [0.4, 0.5) is 0 Å². The molecule has 4 nitrogen and oxygen atoms in total. The van der Waals surface area contributed by atoms with E-state index in [-0.39, 0.29) is 24.2 Å². The zero-order valence-electron chi connectivity index (χ0n) is 10.8. The lowest BCUT2D eigenvalue weighted by atomic mass is 10.0. The standard InChI is InChI=1S/C13H17ClN2O2.ClH/c1-16(13(17)10-8-15-9-10)6-7-18-12-5-3-2-4-11(12)14;/h2-5,10,15H,6-9H2,1H3;1H. The maximum absolute atomic E-state index is 11.8. The van der Waals surface area contributed by atoms with E-state index < -0.39 is 0 Å². The molecule has 1 saturated heterocycles. The van der Waals surface area contributed by atoms with E-state index in [2.05, 4.69) is 5.32 Å². The second-order valence-corrected chi connectivity index (χ2v) is 4.80. The number of carbonyl (C=O) groups is 1. The third-order valence-electron chi connectivity index (χ3n) is 3.03. The second kappa shape index (κ2) is 7.58. The van der Waals surface area contributed by atoms with Gasteiger partial charge in [0.25, 0.3) is 0 Å². The van der Waals surface area contributed by atoms with Gasteiger partial charge in [0, 0.05) is 20.1 Å². The third kappa shape index (κ3) is 4.27. The Morgan fingerprint density at radius 1 is 1.47 bits per heavy atom. The molecular formula is C13H18Cl2N2O2. The topological polar surface area (TPSA) is 41.6 Å². The fraction of sp³-hybridized carbons (Fsp3) is 0.462. The van der Waals surface area contributed by atoms with E-state index in [0.717, 1.165) is 13.1 Å². The number of nitrogens with zero attached hydrogens (tertiary/aromatic N) is 1. The van der Waals surface area contributed by atoms with Gasteiger partial charge in [0.15, 0.2) is 0 Å². The molecular weight excluding hydrogens is 287 g/mol. The van der Waals surface area contributed by atoms with Crippen molar-refractivity contribution in [2.24, 2.45) is 5.92 Å². The number of carbonyl (C=O) groups excluding carboxylic acids is 1. The molecule has 1 fully saturated rings. The van der Waals surface area contributed by atoms with Gasteiger partial charge in [-0.15, -0.1) is 12.4 Å². The summed E-state index contributed by atoms with van der Waals surface area (Å²) < 4.78 is 5.55. The van der Waals surface area contributed by atoms with Crippen molar-refractivity contribution in [1.82, 2.24) is 10.2 Å². The molecule has 0 aliphatic carbocycles. The minimum atomic E-state index is 0. The summed E-state index contributed by atoms with van der Waals surface area (Å²) in [6.45, 7) is 2.59. The summed E-state index contributed by atoms with van der Waals surface area (Å²) >= 11 is 5.97. The lowest BCUT2D eigenvalue weighted by Gasteiger charge is -2.30. The summed E-state index contributed by atoms with van der Waals surface area (Å²) in [6, 6.07) is 7.33. The van der Waals surface area contributed by atoms with Crippen LogP contribution in [0.3, 0.4) is 0 Å². The van der Waals surface area contributed by atoms with Crippen LogP contribution in [0.15, 0.2) is 24.3 Å². The Morgan fingerprint density at radius 2 is 2.16 bits per heavy atom. The van der Waals surface area contributed by atoms with Crippen LogP contribution >= 0.6 is 24.0 Å². The lowest BCUT2D eigenvalue weighted by molar-refractivity contribution is -0.136. The van der Waals surface area contributed by atoms with E-state index in [1.54, 1.807) is 18.0 Å². The molecule has 2 rings (SSSR count). The van der Waals surface area contributed by atoms with Gasteiger partial charge in [-0.1, -0.05) is 23.7 Å². The molecule has 6 heteroatoms. The average Bonchev–Trinajstić information content (AvgIpc) is 2.29. The Balaban J connectivity index is 0.00000180. The minimum absolute atomic E-state index is 0. The van der Waals surface area contributed by atoms with Crippen molar-refractivity contribution in [2.45, 2.75) is 0 Å².